The Labute approximate surface area is 114 Å². The van der Waals surface area contributed by atoms with Crippen molar-refractivity contribution in [2.24, 2.45) is 0 Å². The quantitative estimate of drug-likeness (QED) is 0.743. The van der Waals surface area contributed by atoms with Gasteiger partial charge in [0.1, 0.15) is 12.3 Å². The van der Waals surface area contributed by atoms with Crippen molar-refractivity contribution in [3.05, 3.63) is 0 Å². The Bertz CT molecular complexity index is 322. The van der Waals surface area contributed by atoms with Gasteiger partial charge in [-0.15, -0.1) is 0 Å². The first-order chi connectivity index (χ1) is 9.04. The van der Waals surface area contributed by atoms with Gasteiger partial charge >= 0.3 is 0 Å². The number of nitrogens with zero attached hydrogens (tertiary/aromatic N) is 1. The zero-order valence-corrected chi connectivity index (χ0v) is 12.2. The zero-order valence-electron chi connectivity index (χ0n) is 12.2. The summed E-state index contributed by atoms with van der Waals surface area (Å²) in [5.74, 6) is -0.213. The Morgan fingerprint density at radius 3 is 2.74 bits per heavy atom. The third-order valence-electron chi connectivity index (χ3n) is 3.48. The van der Waals surface area contributed by atoms with Crippen molar-refractivity contribution in [2.75, 3.05) is 20.2 Å². The first-order valence-corrected chi connectivity index (χ1v) is 6.94. The maximum Gasteiger partial charge on any atom is 0.247 e. The molecular formula is C13H25N3O3. The van der Waals surface area contributed by atoms with Crippen LogP contribution in [0.4, 0.5) is 0 Å². The molecule has 110 valence electrons. The molecule has 0 spiro atoms. The number of rotatable bonds is 5. The largest absolute Gasteiger partial charge is 0.358 e. The number of hydrogen-bond acceptors (Lipinski definition) is 4. The molecule has 6 nitrogen and oxygen atoms in total. The number of nitrogens with one attached hydrogen (secondary N) is 2. The lowest BCUT2D eigenvalue weighted by atomic mass is 10.1. The molecule has 0 aromatic heterocycles. The van der Waals surface area contributed by atoms with Gasteiger partial charge in [0.15, 0.2) is 0 Å². The van der Waals surface area contributed by atoms with E-state index >= 15 is 0 Å². The van der Waals surface area contributed by atoms with Gasteiger partial charge in [0.25, 0.3) is 0 Å². The van der Waals surface area contributed by atoms with Crippen molar-refractivity contribution >= 4 is 11.8 Å². The maximum atomic E-state index is 12.4. The summed E-state index contributed by atoms with van der Waals surface area (Å²) >= 11 is 0. The minimum atomic E-state index is -0.486. The van der Waals surface area contributed by atoms with Gasteiger partial charge < -0.3 is 20.3 Å². The van der Waals surface area contributed by atoms with Crippen LogP contribution in [0.3, 0.4) is 0 Å². The van der Waals surface area contributed by atoms with Gasteiger partial charge in [-0.2, -0.15) is 0 Å². The first kappa shape index (κ1) is 15.9. The van der Waals surface area contributed by atoms with E-state index in [4.69, 9.17) is 4.74 Å². The fourth-order valence-electron chi connectivity index (χ4n) is 2.14. The zero-order chi connectivity index (χ0) is 14.4. The molecule has 1 rings (SSSR count). The molecule has 0 aromatic carbocycles. The van der Waals surface area contributed by atoms with E-state index in [1.807, 2.05) is 13.8 Å². The van der Waals surface area contributed by atoms with Crippen molar-refractivity contribution in [3.8, 4) is 0 Å². The van der Waals surface area contributed by atoms with E-state index in [1.165, 1.54) is 0 Å². The van der Waals surface area contributed by atoms with Crippen molar-refractivity contribution in [3.63, 3.8) is 0 Å². The van der Waals surface area contributed by atoms with Crippen LogP contribution in [0.1, 0.15) is 33.6 Å². The molecule has 0 aromatic rings. The number of ether oxygens (including phenoxy) is 1. The summed E-state index contributed by atoms with van der Waals surface area (Å²) in [5.41, 5.74) is 0. The first-order valence-electron chi connectivity index (χ1n) is 6.94. The number of likely N-dealkylation sites (N-methyl/N-ethyl adjacent to an activating group) is 2. The Kier molecular flexibility index (Phi) is 6.24. The third kappa shape index (κ3) is 3.91. The van der Waals surface area contributed by atoms with E-state index in [9.17, 15) is 9.59 Å². The molecule has 0 saturated carbocycles. The van der Waals surface area contributed by atoms with Gasteiger partial charge in [0.2, 0.25) is 11.8 Å². The van der Waals surface area contributed by atoms with E-state index in [1.54, 1.807) is 18.9 Å². The molecule has 2 N–H and O–H groups in total. The van der Waals surface area contributed by atoms with Crippen molar-refractivity contribution < 1.29 is 14.3 Å². The molecule has 0 radical (unpaired) electrons. The average Bonchev–Trinajstić information content (AvgIpc) is 2.57. The van der Waals surface area contributed by atoms with Crippen LogP contribution < -0.4 is 10.6 Å². The predicted octanol–water partition coefficient (Wildman–Crippen LogP) is 0.0840. The standard InChI is InChI=1S/C13H25N3O3/c1-5-11-16(6-2)13(18)10(7-8-19-11)15-12(17)9(3)14-4/h9-11,14H,5-8H2,1-4H3,(H,15,17)/t9-,10-,11-/m0/s1. The minimum absolute atomic E-state index is 0.0523. The molecule has 1 aliphatic heterocycles. The highest BCUT2D eigenvalue weighted by Crippen LogP contribution is 2.15. The normalized spacial score (nSPS) is 25.9. The molecular weight excluding hydrogens is 246 g/mol. The Morgan fingerprint density at radius 1 is 1.53 bits per heavy atom. The van der Waals surface area contributed by atoms with Crippen molar-refractivity contribution in [1.29, 1.82) is 0 Å². The second-order valence-electron chi connectivity index (χ2n) is 4.72. The highest BCUT2D eigenvalue weighted by molar-refractivity contribution is 5.89. The lowest BCUT2D eigenvalue weighted by molar-refractivity contribution is -0.144. The van der Waals surface area contributed by atoms with Crippen molar-refractivity contribution in [2.45, 2.75) is 51.9 Å². The van der Waals surface area contributed by atoms with Crippen LogP contribution in [0.25, 0.3) is 0 Å². The lowest BCUT2D eigenvalue weighted by Crippen LogP contribution is -2.53. The highest BCUT2D eigenvalue weighted by atomic mass is 16.5. The van der Waals surface area contributed by atoms with E-state index in [2.05, 4.69) is 10.6 Å². The van der Waals surface area contributed by atoms with Crippen molar-refractivity contribution in [1.82, 2.24) is 15.5 Å². The fraction of sp³-hybridized carbons (Fsp3) is 0.846. The van der Waals surface area contributed by atoms with Crippen LogP contribution in [-0.4, -0.2) is 55.2 Å². The number of amides is 2. The molecule has 19 heavy (non-hydrogen) atoms. The molecule has 3 atom stereocenters. The molecule has 1 fully saturated rings. The van der Waals surface area contributed by atoms with E-state index in [0.717, 1.165) is 6.42 Å². The molecule has 1 saturated heterocycles. The third-order valence-corrected chi connectivity index (χ3v) is 3.48. The SMILES string of the molecule is CC[C@@H]1OCC[C@H](NC(=O)[C@H](C)NC)C(=O)N1CC. The van der Waals surface area contributed by atoms with Gasteiger partial charge in [-0.05, 0) is 27.3 Å². The summed E-state index contributed by atoms with van der Waals surface area (Å²) in [7, 11) is 1.72. The Hall–Kier alpha value is -1.14. The van der Waals surface area contributed by atoms with Crippen LogP contribution in [-0.2, 0) is 14.3 Å². The second kappa shape index (κ2) is 7.45. The van der Waals surface area contributed by atoms with E-state index in [-0.39, 0.29) is 24.1 Å². The van der Waals surface area contributed by atoms with Crippen LogP contribution in [0.2, 0.25) is 0 Å². The van der Waals surface area contributed by atoms with Crippen LogP contribution >= 0.6 is 0 Å². The lowest BCUT2D eigenvalue weighted by Gasteiger charge is -2.29. The second-order valence-corrected chi connectivity index (χ2v) is 4.72. The number of hydrogen-bond donors (Lipinski definition) is 2. The topological polar surface area (TPSA) is 70.7 Å². The molecule has 1 aliphatic rings. The molecule has 6 heteroatoms. The number of carbonyl (C=O) groups is 2. The van der Waals surface area contributed by atoms with Gasteiger partial charge in [0, 0.05) is 13.0 Å². The fourth-order valence-corrected chi connectivity index (χ4v) is 2.14. The average molecular weight is 271 g/mol. The van der Waals surface area contributed by atoms with Gasteiger partial charge in [-0.3, -0.25) is 9.59 Å². The summed E-state index contributed by atoms with van der Waals surface area (Å²) in [6.45, 7) is 6.75. The Balaban J connectivity index is 2.73. The minimum Gasteiger partial charge on any atom is -0.358 e. The van der Waals surface area contributed by atoms with Crippen LogP contribution in [0.5, 0.6) is 0 Å². The van der Waals surface area contributed by atoms with Crippen LogP contribution in [0, 0.1) is 0 Å². The predicted molar refractivity (Wildman–Crippen MR) is 72.5 cm³/mol. The summed E-state index contributed by atoms with van der Waals surface area (Å²) in [6.07, 6.45) is 1.10. The highest BCUT2D eigenvalue weighted by Gasteiger charge is 2.33. The van der Waals surface area contributed by atoms with Gasteiger partial charge in [0.05, 0.1) is 12.6 Å². The van der Waals surface area contributed by atoms with Crippen LogP contribution in [0.15, 0.2) is 0 Å². The monoisotopic (exact) mass is 271 g/mol. The van der Waals surface area contributed by atoms with Gasteiger partial charge in [-0.25, -0.2) is 0 Å². The van der Waals surface area contributed by atoms with E-state index < -0.39 is 6.04 Å². The maximum absolute atomic E-state index is 12.4. The smallest absolute Gasteiger partial charge is 0.247 e. The summed E-state index contributed by atoms with van der Waals surface area (Å²) in [5, 5.41) is 5.66. The van der Waals surface area contributed by atoms with Gasteiger partial charge in [-0.1, -0.05) is 6.92 Å². The molecule has 2 amide bonds. The number of carbonyl (C=O) groups excluding carboxylic acids is 2. The Morgan fingerprint density at radius 2 is 2.21 bits per heavy atom. The molecule has 0 bridgehead atoms. The van der Waals surface area contributed by atoms with E-state index in [0.29, 0.717) is 19.6 Å². The molecule has 0 aliphatic carbocycles. The summed E-state index contributed by atoms with van der Waals surface area (Å²) in [4.78, 5) is 26.0. The summed E-state index contributed by atoms with van der Waals surface area (Å²) < 4.78 is 5.66. The molecule has 1 heterocycles. The summed E-state index contributed by atoms with van der Waals surface area (Å²) in [6, 6.07) is -0.797. The molecule has 0 unspecified atom stereocenters.